The van der Waals surface area contributed by atoms with Gasteiger partial charge in [0.15, 0.2) is 9.84 Å². The second kappa shape index (κ2) is 6.39. The first-order valence-corrected chi connectivity index (χ1v) is 7.60. The third-order valence-electron chi connectivity index (χ3n) is 2.20. The Labute approximate surface area is 113 Å². The minimum Gasteiger partial charge on any atom is -0.459 e. The van der Waals surface area contributed by atoms with Crippen LogP contribution in [0.5, 0.6) is 0 Å². The van der Waals surface area contributed by atoms with Crippen molar-refractivity contribution < 1.29 is 17.9 Å². The zero-order chi connectivity index (χ0) is 14.5. The molecular formula is C14H16O4S. The quantitative estimate of drug-likeness (QED) is 0.609. The highest BCUT2D eigenvalue weighted by atomic mass is 32.2. The average Bonchev–Trinajstić information content (AvgIpc) is 2.27. The Morgan fingerprint density at radius 1 is 1.42 bits per heavy atom. The SMILES string of the molecule is C#CCS(=O)(=O)Cc1cccc(C(=O)OC(C)C)c1. The van der Waals surface area contributed by atoms with Crippen LogP contribution in [0.1, 0.15) is 29.8 Å². The minimum absolute atomic E-state index is 0.181. The average molecular weight is 280 g/mol. The number of terminal acetylenes is 1. The molecule has 5 heteroatoms. The lowest BCUT2D eigenvalue weighted by molar-refractivity contribution is 0.0378. The summed E-state index contributed by atoms with van der Waals surface area (Å²) >= 11 is 0. The third-order valence-corrected chi connectivity index (χ3v) is 3.57. The fourth-order valence-electron chi connectivity index (χ4n) is 1.50. The van der Waals surface area contributed by atoms with Crippen molar-refractivity contribution in [3.8, 4) is 12.3 Å². The van der Waals surface area contributed by atoms with E-state index in [1.54, 1.807) is 32.0 Å². The summed E-state index contributed by atoms with van der Waals surface area (Å²) in [5, 5.41) is 0. The Hall–Kier alpha value is -1.80. The second-order valence-corrected chi connectivity index (χ2v) is 6.46. The van der Waals surface area contributed by atoms with Crippen molar-refractivity contribution in [2.24, 2.45) is 0 Å². The van der Waals surface area contributed by atoms with Crippen molar-refractivity contribution >= 4 is 15.8 Å². The summed E-state index contributed by atoms with van der Waals surface area (Å²) in [4.78, 5) is 11.7. The van der Waals surface area contributed by atoms with Gasteiger partial charge in [0, 0.05) is 0 Å². The molecule has 0 saturated carbocycles. The number of benzene rings is 1. The monoisotopic (exact) mass is 280 g/mol. The molecule has 0 atom stereocenters. The first kappa shape index (κ1) is 15.3. The number of ether oxygens (including phenoxy) is 1. The number of carbonyl (C=O) groups excluding carboxylic acids is 1. The first-order chi connectivity index (χ1) is 8.84. The molecule has 0 aliphatic carbocycles. The Morgan fingerprint density at radius 3 is 2.68 bits per heavy atom. The number of esters is 1. The Balaban J connectivity index is 2.90. The molecule has 0 aliphatic heterocycles. The number of carbonyl (C=O) groups is 1. The number of hydrogen-bond acceptors (Lipinski definition) is 4. The maximum atomic E-state index is 11.7. The van der Waals surface area contributed by atoms with E-state index in [9.17, 15) is 13.2 Å². The van der Waals surface area contributed by atoms with Crippen molar-refractivity contribution in [3.63, 3.8) is 0 Å². The molecule has 0 spiro atoms. The number of hydrogen-bond donors (Lipinski definition) is 0. The lowest BCUT2D eigenvalue weighted by atomic mass is 10.1. The Morgan fingerprint density at radius 2 is 2.11 bits per heavy atom. The summed E-state index contributed by atoms with van der Waals surface area (Å²) in [5.41, 5.74) is 0.857. The highest BCUT2D eigenvalue weighted by molar-refractivity contribution is 7.90. The van der Waals surface area contributed by atoms with Crippen LogP contribution in [0.4, 0.5) is 0 Å². The van der Waals surface area contributed by atoms with Crippen LogP contribution in [0, 0.1) is 12.3 Å². The molecule has 1 aromatic rings. The zero-order valence-electron chi connectivity index (χ0n) is 10.9. The predicted molar refractivity (Wildman–Crippen MR) is 73.3 cm³/mol. The van der Waals surface area contributed by atoms with E-state index in [4.69, 9.17) is 11.2 Å². The molecule has 0 heterocycles. The molecule has 0 amide bonds. The van der Waals surface area contributed by atoms with Gasteiger partial charge in [0.25, 0.3) is 0 Å². The summed E-state index contributed by atoms with van der Waals surface area (Å²) in [7, 11) is -3.34. The highest BCUT2D eigenvalue weighted by Crippen LogP contribution is 2.11. The Bertz CT molecular complexity index is 594. The highest BCUT2D eigenvalue weighted by Gasteiger charge is 2.13. The van der Waals surface area contributed by atoms with Crippen molar-refractivity contribution in [2.45, 2.75) is 25.7 Å². The van der Waals surface area contributed by atoms with Crippen molar-refractivity contribution in [1.82, 2.24) is 0 Å². The van der Waals surface area contributed by atoms with Crippen LogP contribution in [-0.2, 0) is 20.3 Å². The van der Waals surface area contributed by atoms with Crippen LogP contribution in [0.15, 0.2) is 24.3 Å². The molecule has 19 heavy (non-hydrogen) atoms. The topological polar surface area (TPSA) is 60.4 Å². The minimum atomic E-state index is -3.34. The van der Waals surface area contributed by atoms with Crippen LogP contribution in [0.3, 0.4) is 0 Å². The maximum absolute atomic E-state index is 11.7. The van der Waals surface area contributed by atoms with Gasteiger partial charge in [0.1, 0.15) is 5.75 Å². The summed E-state index contributed by atoms with van der Waals surface area (Å²) in [5.74, 6) is 1.15. The summed E-state index contributed by atoms with van der Waals surface area (Å²) in [6.45, 7) is 3.50. The second-order valence-electron chi connectivity index (χ2n) is 4.39. The van der Waals surface area contributed by atoms with Gasteiger partial charge in [0.2, 0.25) is 0 Å². The van der Waals surface area contributed by atoms with Crippen molar-refractivity contribution in [2.75, 3.05) is 5.75 Å². The Kier molecular flexibility index (Phi) is 5.13. The fourth-order valence-corrected chi connectivity index (χ4v) is 2.55. The molecule has 0 bridgehead atoms. The molecule has 4 nitrogen and oxygen atoms in total. The lowest BCUT2D eigenvalue weighted by Crippen LogP contribution is -2.12. The van der Waals surface area contributed by atoms with Gasteiger partial charge in [-0.25, -0.2) is 13.2 Å². The van der Waals surface area contributed by atoms with Gasteiger partial charge in [-0.05, 0) is 31.5 Å². The van der Waals surface area contributed by atoms with Crippen LogP contribution in [0.2, 0.25) is 0 Å². The van der Waals surface area contributed by atoms with E-state index < -0.39 is 15.8 Å². The molecule has 0 fully saturated rings. The first-order valence-electron chi connectivity index (χ1n) is 5.78. The normalized spacial score (nSPS) is 11.1. The van der Waals surface area contributed by atoms with Gasteiger partial charge in [-0.3, -0.25) is 0 Å². The molecule has 102 valence electrons. The summed E-state index contributed by atoms with van der Waals surface area (Å²) < 4.78 is 28.2. The van der Waals surface area contributed by atoms with E-state index in [1.165, 1.54) is 6.07 Å². The van der Waals surface area contributed by atoms with Crippen LogP contribution in [-0.4, -0.2) is 26.2 Å². The van der Waals surface area contributed by atoms with Crippen LogP contribution in [0.25, 0.3) is 0 Å². The molecule has 0 aromatic heterocycles. The van der Waals surface area contributed by atoms with Gasteiger partial charge in [-0.1, -0.05) is 18.1 Å². The molecular weight excluding hydrogens is 264 g/mol. The van der Waals surface area contributed by atoms with E-state index in [-0.39, 0.29) is 17.6 Å². The molecule has 0 aliphatic rings. The standard InChI is InChI=1S/C14H16O4S/c1-4-8-19(16,17)10-12-6-5-7-13(9-12)14(15)18-11(2)3/h1,5-7,9,11H,8,10H2,2-3H3. The fraction of sp³-hybridized carbons (Fsp3) is 0.357. The summed E-state index contributed by atoms with van der Waals surface area (Å²) in [6.07, 6.45) is 4.78. The van der Waals surface area contributed by atoms with Crippen LogP contribution < -0.4 is 0 Å². The molecule has 0 N–H and O–H groups in total. The zero-order valence-corrected chi connectivity index (χ0v) is 11.7. The smallest absolute Gasteiger partial charge is 0.338 e. The maximum Gasteiger partial charge on any atom is 0.338 e. The third kappa shape index (κ3) is 5.14. The van der Waals surface area contributed by atoms with E-state index in [1.807, 2.05) is 0 Å². The van der Waals surface area contributed by atoms with Crippen LogP contribution >= 0.6 is 0 Å². The molecule has 0 radical (unpaired) electrons. The van der Waals surface area contributed by atoms with E-state index in [0.717, 1.165) is 0 Å². The lowest BCUT2D eigenvalue weighted by Gasteiger charge is -2.09. The van der Waals surface area contributed by atoms with Gasteiger partial charge < -0.3 is 4.74 Å². The number of sulfone groups is 1. The van der Waals surface area contributed by atoms with Gasteiger partial charge in [-0.2, -0.15) is 0 Å². The van der Waals surface area contributed by atoms with E-state index in [0.29, 0.717) is 11.1 Å². The van der Waals surface area contributed by atoms with Gasteiger partial charge in [0.05, 0.1) is 17.4 Å². The van der Waals surface area contributed by atoms with E-state index >= 15 is 0 Å². The molecule has 0 saturated heterocycles. The largest absolute Gasteiger partial charge is 0.459 e. The molecule has 1 rings (SSSR count). The number of rotatable bonds is 5. The molecule has 0 unspecified atom stereocenters. The molecule has 1 aromatic carbocycles. The van der Waals surface area contributed by atoms with Gasteiger partial charge in [-0.15, -0.1) is 6.42 Å². The van der Waals surface area contributed by atoms with Crippen molar-refractivity contribution in [1.29, 1.82) is 0 Å². The summed E-state index contributed by atoms with van der Waals surface area (Å²) in [6, 6.07) is 6.36. The van der Waals surface area contributed by atoms with Crippen molar-refractivity contribution in [3.05, 3.63) is 35.4 Å². The van der Waals surface area contributed by atoms with E-state index in [2.05, 4.69) is 5.92 Å². The van der Waals surface area contributed by atoms with Gasteiger partial charge >= 0.3 is 5.97 Å². The predicted octanol–water partition coefficient (Wildman–Crippen LogP) is 1.80.